The fraction of sp³-hybridized carbons (Fsp3) is 0.562. The number of para-hydroxylation sites is 1. The molecule has 1 fully saturated rings. The molecule has 118 valence electrons. The minimum atomic E-state index is 0. The number of carbonyl (C=O) groups excluding carboxylic acids is 1. The Bertz CT molecular complexity index is 420. The third-order valence-corrected chi connectivity index (χ3v) is 3.73. The first kappa shape index (κ1) is 17.8. The molecule has 5 heteroatoms. The Kier molecular flexibility index (Phi) is 7.54. The van der Waals surface area contributed by atoms with Crippen LogP contribution < -0.4 is 10.1 Å². The van der Waals surface area contributed by atoms with Gasteiger partial charge in [0.1, 0.15) is 11.9 Å². The Morgan fingerprint density at radius 1 is 1.33 bits per heavy atom. The van der Waals surface area contributed by atoms with E-state index in [0.717, 1.165) is 38.2 Å². The molecule has 0 radical (unpaired) electrons. The Morgan fingerprint density at radius 2 is 1.95 bits per heavy atom. The van der Waals surface area contributed by atoms with Gasteiger partial charge < -0.3 is 15.0 Å². The quantitative estimate of drug-likeness (QED) is 0.907. The van der Waals surface area contributed by atoms with Crippen LogP contribution in [0.2, 0.25) is 0 Å². The third kappa shape index (κ3) is 5.21. The number of piperidine rings is 1. The van der Waals surface area contributed by atoms with Crippen LogP contribution >= 0.6 is 12.4 Å². The van der Waals surface area contributed by atoms with Crippen LogP contribution in [0.25, 0.3) is 0 Å². The molecule has 1 heterocycles. The molecule has 1 N–H and O–H groups in total. The predicted octanol–water partition coefficient (Wildman–Crippen LogP) is 2.33. The zero-order valence-corrected chi connectivity index (χ0v) is 13.6. The van der Waals surface area contributed by atoms with E-state index in [4.69, 9.17) is 4.74 Å². The van der Waals surface area contributed by atoms with Crippen molar-refractivity contribution < 1.29 is 9.53 Å². The molecule has 1 atom stereocenters. The molecule has 1 amide bonds. The van der Waals surface area contributed by atoms with E-state index in [1.54, 1.807) is 0 Å². The van der Waals surface area contributed by atoms with Crippen LogP contribution in [0.15, 0.2) is 30.3 Å². The standard InChI is InChI=1S/C16H24N2O2.ClH/c1-13(12-17-2)16(19)18-10-8-15(9-11-18)20-14-6-4-3-5-7-14;/h3-7,13,15,17H,8-12H2,1-2H3;1H. The highest BCUT2D eigenvalue weighted by molar-refractivity contribution is 5.85. The van der Waals surface area contributed by atoms with Crippen LogP contribution in [0, 0.1) is 5.92 Å². The summed E-state index contributed by atoms with van der Waals surface area (Å²) in [6, 6.07) is 9.90. The molecule has 21 heavy (non-hydrogen) atoms. The van der Waals surface area contributed by atoms with E-state index < -0.39 is 0 Å². The molecule has 1 aromatic carbocycles. The van der Waals surface area contributed by atoms with Crippen molar-refractivity contribution in [3.63, 3.8) is 0 Å². The Hall–Kier alpha value is -1.26. The lowest BCUT2D eigenvalue weighted by molar-refractivity contribution is -0.136. The van der Waals surface area contributed by atoms with Gasteiger partial charge in [0.25, 0.3) is 0 Å². The summed E-state index contributed by atoms with van der Waals surface area (Å²) in [6.07, 6.45) is 2.04. The average molecular weight is 313 g/mol. The van der Waals surface area contributed by atoms with Gasteiger partial charge in [0.05, 0.1) is 0 Å². The van der Waals surface area contributed by atoms with Crippen LogP contribution in [0.5, 0.6) is 5.75 Å². The molecule has 1 aliphatic heterocycles. The second-order valence-corrected chi connectivity index (χ2v) is 5.41. The lowest BCUT2D eigenvalue weighted by Crippen LogP contribution is -2.45. The fourth-order valence-electron chi connectivity index (χ4n) is 2.59. The normalized spacial score (nSPS) is 17.0. The highest BCUT2D eigenvalue weighted by Gasteiger charge is 2.26. The van der Waals surface area contributed by atoms with Gasteiger partial charge in [-0.1, -0.05) is 25.1 Å². The molecule has 0 bridgehead atoms. The number of amides is 1. The highest BCUT2D eigenvalue weighted by atomic mass is 35.5. The second-order valence-electron chi connectivity index (χ2n) is 5.41. The van der Waals surface area contributed by atoms with Gasteiger partial charge in [0.2, 0.25) is 5.91 Å². The molecule has 1 aliphatic rings. The molecule has 1 aromatic rings. The summed E-state index contributed by atoms with van der Waals surface area (Å²) < 4.78 is 5.94. The largest absolute Gasteiger partial charge is 0.490 e. The lowest BCUT2D eigenvalue weighted by atomic mass is 10.0. The van der Waals surface area contributed by atoms with E-state index >= 15 is 0 Å². The summed E-state index contributed by atoms with van der Waals surface area (Å²) in [7, 11) is 1.88. The van der Waals surface area contributed by atoms with Crippen molar-refractivity contribution in [3.05, 3.63) is 30.3 Å². The maximum atomic E-state index is 12.2. The molecule has 0 saturated carbocycles. The number of nitrogens with one attached hydrogen (secondary N) is 1. The number of halogens is 1. The summed E-state index contributed by atoms with van der Waals surface area (Å²) in [5, 5.41) is 3.06. The first-order chi connectivity index (χ1) is 9.70. The lowest BCUT2D eigenvalue weighted by Gasteiger charge is -2.33. The molecule has 2 rings (SSSR count). The zero-order valence-electron chi connectivity index (χ0n) is 12.7. The van der Waals surface area contributed by atoms with Crippen molar-refractivity contribution in [1.82, 2.24) is 10.2 Å². The summed E-state index contributed by atoms with van der Waals surface area (Å²) in [5.41, 5.74) is 0. The topological polar surface area (TPSA) is 41.6 Å². The number of nitrogens with zero attached hydrogens (tertiary/aromatic N) is 1. The second kappa shape index (κ2) is 8.90. The first-order valence-electron chi connectivity index (χ1n) is 7.36. The molecule has 0 spiro atoms. The summed E-state index contributed by atoms with van der Waals surface area (Å²) in [6.45, 7) is 4.31. The monoisotopic (exact) mass is 312 g/mol. The van der Waals surface area contributed by atoms with Gasteiger partial charge in [-0.25, -0.2) is 0 Å². The van der Waals surface area contributed by atoms with Crippen molar-refractivity contribution in [3.8, 4) is 5.75 Å². The van der Waals surface area contributed by atoms with Crippen molar-refractivity contribution in [2.45, 2.75) is 25.9 Å². The van der Waals surface area contributed by atoms with E-state index in [9.17, 15) is 4.79 Å². The van der Waals surface area contributed by atoms with Crippen molar-refractivity contribution >= 4 is 18.3 Å². The maximum absolute atomic E-state index is 12.2. The van der Waals surface area contributed by atoms with E-state index in [0.29, 0.717) is 0 Å². The number of rotatable bonds is 5. The number of hydrogen-bond donors (Lipinski definition) is 1. The van der Waals surface area contributed by atoms with Gasteiger partial charge in [0, 0.05) is 38.4 Å². The van der Waals surface area contributed by atoms with Gasteiger partial charge in [-0.3, -0.25) is 4.79 Å². The molecule has 1 saturated heterocycles. The van der Waals surface area contributed by atoms with Crippen molar-refractivity contribution in [2.24, 2.45) is 5.92 Å². The Balaban J connectivity index is 0.00000220. The van der Waals surface area contributed by atoms with Crippen LogP contribution in [0.1, 0.15) is 19.8 Å². The van der Waals surface area contributed by atoms with E-state index in [-0.39, 0.29) is 30.3 Å². The molecule has 1 unspecified atom stereocenters. The van der Waals surface area contributed by atoms with Crippen LogP contribution in [0.4, 0.5) is 0 Å². The third-order valence-electron chi connectivity index (χ3n) is 3.73. The first-order valence-corrected chi connectivity index (χ1v) is 7.36. The van der Waals surface area contributed by atoms with Crippen molar-refractivity contribution in [2.75, 3.05) is 26.7 Å². The zero-order chi connectivity index (χ0) is 14.4. The Labute approximate surface area is 133 Å². The molecule has 0 aliphatic carbocycles. The molecular formula is C16H25ClN2O2. The van der Waals surface area contributed by atoms with Crippen LogP contribution in [0.3, 0.4) is 0 Å². The van der Waals surface area contributed by atoms with Gasteiger partial charge in [-0.05, 0) is 19.2 Å². The number of likely N-dealkylation sites (tertiary alicyclic amines) is 1. The van der Waals surface area contributed by atoms with Gasteiger partial charge in [-0.15, -0.1) is 12.4 Å². The van der Waals surface area contributed by atoms with Crippen LogP contribution in [-0.4, -0.2) is 43.6 Å². The number of benzene rings is 1. The molecule has 4 nitrogen and oxygen atoms in total. The molecule has 0 aromatic heterocycles. The smallest absolute Gasteiger partial charge is 0.226 e. The summed E-state index contributed by atoms with van der Waals surface area (Å²) in [4.78, 5) is 14.2. The van der Waals surface area contributed by atoms with Crippen LogP contribution in [-0.2, 0) is 4.79 Å². The average Bonchev–Trinajstić information content (AvgIpc) is 2.48. The summed E-state index contributed by atoms with van der Waals surface area (Å²) in [5.74, 6) is 1.21. The van der Waals surface area contributed by atoms with Gasteiger partial charge in [-0.2, -0.15) is 0 Å². The SMILES string of the molecule is CNCC(C)C(=O)N1CCC(Oc2ccccc2)CC1.Cl. The number of carbonyl (C=O) groups is 1. The Morgan fingerprint density at radius 3 is 2.52 bits per heavy atom. The summed E-state index contributed by atoms with van der Waals surface area (Å²) >= 11 is 0. The van der Waals surface area contributed by atoms with Crippen molar-refractivity contribution in [1.29, 1.82) is 0 Å². The number of hydrogen-bond acceptors (Lipinski definition) is 3. The van der Waals surface area contributed by atoms with Gasteiger partial charge in [0.15, 0.2) is 0 Å². The maximum Gasteiger partial charge on any atom is 0.226 e. The van der Waals surface area contributed by atoms with E-state index in [1.165, 1.54) is 0 Å². The van der Waals surface area contributed by atoms with E-state index in [2.05, 4.69) is 5.32 Å². The minimum Gasteiger partial charge on any atom is -0.490 e. The highest BCUT2D eigenvalue weighted by Crippen LogP contribution is 2.19. The van der Waals surface area contributed by atoms with E-state index in [1.807, 2.05) is 49.2 Å². The fourth-order valence-corrected chi connectivity index (χ4v) is 2.59. The number of ether oxygens (including phenoxy) is 1. The predicted molar refractivity (Wildman–Crippen MR) is 87.0 cm³/mol. The van der Waals surface area contributed by atoms with Gasteiger partial charge >= 0.3 is 0 Å². The minimum absolute atomic E-state index is 0. The molecular weight excluding hydrogens is 288 g/mol.